The van der Waals surface area contributed by atoms with E-state index in [2.05, 4.69) is 0 Å². The fourth-order valence-electron chi connectivity index (χ4n) is 2.62. The minimum atomic E-state index is -0.905. The summed E-state index contributed by atoms with van der Waals surface area (Å²) in [5.41, 5.74) is 5.62. The van der Waals surface area contributed by atoms with Crippen molar-refractivity contribution in [3.8, 4) is 0 Å². The maximum atomic E-state index is 11.1. The molecule has 1 saturated heterocycles. The molecule has 1 aromatic rings. The average molecular weight is 265 g/mol. The smallest absolute Gasteiger partial charge is 0.352 e. The Bertz CT molecular complexity index is 475. The molecule has 1 aromatic heterocycles. The van der Waals surface area contributed by atoms with Crippen molar-refractivity contribution >= 4 is 11.9 Å². The topological polar surface area (TPSA) is 88.6 Å². The standard InChI is InChI=1S/C13H19N3O3/c1-9(12(14)17)15-7-4-10(5-8-15)16-6-2-3-11(16)13(18)19/h2-3,6,9-10H,4-5,7-8H2,1H3,(H2,14,17)(H,18,19). The van der Waals surface area contributed by atoms with Gasteiger partial charge in [-0.15, -0.1) is 0 Å². The van der Waals surface area contributed by atoms with Crippen LogP contribution in [-0.2, 0) is 4.79 Å². The summed E-state index contributed by atoms with van der Waals surface area (Å²) in [5.74, 6) is -1.22. The van der Waals surface area contributed by atoms with E-state index in [1.807, 2.05) is 9.47 Å². The summed E-state index contributed by atoms with van der Waals surface area (Å²) in [6.45, 7) is 3.32. The molecular weight excluding hydrogens is 246 g/mol. The molecule has 0 spiro atoms. The van der Waals surface area contributed by atoms with E-state index < -0.39 is 5.97 Å². The van der Waals surface area contributed by atoms with E-state index in [1.54, 1.807) is 25.3 Å². The van der Waals surface area contributed by atoms with E-state index in [0.29, 0.717) is 5.69 Å². The van der Waals surface area contributed by atoms with Crippen LogP contribution in [-0.4, -0.2) is 45.6 Å². The van der Waals surface area contributed by atoms with Crippen molar-refractivity contribution in [1.82, 2.24) is 9.47 Å². The summed E-state index contributed by atoms with van der Waals surface area (Å²) in [4.78, 5) is 24.3. The molecule has 0 bridgehead atoms. The summed E-state index contributed by atoms with van der Waals surface area (Å²) in [7, 11) is 0. The van der Waals surface area contributed by atoms with Gasteiger partial charge >= 0.3 is 5.97 Å². The molecule has 6 heteroatoms. The number of primary amides is 1. The van der Waals surface area contributed by atoms with Gasteiger partial charge in [0.05, 0.1) is 6.04 Å². The van der Waals surface area contributed by atoms with Crippen LogP contribution in [0, 0.1) is 0 Å². The van der Waals surface area contributed by atoms with Crippen LogP contribution in [0.2, 0.25) is 0 Å². The third-order valence-electron chi connectivity index (χ3n) is 3.85. The Kier molecular flexibility index (Phi) is 3.90. The number of nitrogens with two attached hydrogens (primary N) is 1. The molecule has 1 unspecified atom stereocenters. The molecule has 0 aliphatic carbocycles. The third kappa shape index (κ3) is 2.78. The first-order valence-corrected chi connectivity index (χ1v) is 6.44. The van der Waals surface area contributed by atoms with E-state index in [9.17, 15) is 9.59 Å². The number of hydrogen-bond donors (Lipinski definition) is 2. The molecule has 1 fully saturated rings. The van der Waals surface area contributed by atoms with Crippen molar-refractivity contribution in [2.45, 2.75) is 31.8 Å². The number of aromatic carboxylic acids is 1. The Hall–Kier alpha value is -1.82. The fourth-order valence-corrected chi connectivity index (χ4v) is 2.62. The van der Waals surface area contributed by atoms with Crippen LogP contribution in [0.15, 0.2) is 18.3 Å². The van der Waals surface area contributed by atoms with Gasteiger partial charge in [-0.3, -0.25) is 9.69 Å². The largest absolute Gasteiger partial charge is 0.477 e. The van der Waals surface area contributed by atoms with E-state index >= 15 is 0 Å². The van der Waals surface area contributed by atoms with Gasteiger partial charge in [0.1, 0.15) is 5.69 Å². The second kappa shape index (κ2) is 5.44. The minimum Gasteiger partial charge on any atom is -0.477 e. The Labute approximate surface area is 111 Å². The number of carboxylic acids is 1. The van der Waals surface area contributed by atoms with Crippen molar-refractivity contribution in [2.24, 2.45) is 5.73 Å². The summed E-state index contributed by atoms with van der Waals surface area (Å²) < 4.78 is 1.81. The first kappa shape index (κ1) is 13.6. The number of likely N-dealkylation sites (tertiary alicyclic amines) is 1. The van der Waals surface area contributed by atoms with Crippen LogP contribution in [0.5, 0.6) is 0 Å². The molecule has 3 N–H and O–H groups in total. The zero-order chi connectivity index (χ0) is 14.0. The molecule has 104 valence electrons. The van der Waals surface area contributed by atoms with E-state index in [1.165, 1.54) is 0 Å². The van der Waals surface area contributed by atoms with Gasteiger partial charge in [0.2, 0.25) is 5.91 Å². The van der Waals surface area contributed by atoms with Gasteiger partial charge in [-0.05, 0) is 31.9 Å². The molecule has 6 nitrogen and oxygen atoms in total. The number of nitrogens with zero attached hydrogens (tertiary/aromatic N) is 2. The van der Waals surface area contributed by atoms with Gasteiger partial charge in [0, 0.05) is 25.3 Å². The van der Waals surface area contributed by atoms with Crippen molar-refractivity contribution in [1.29, 1.82) is 0 Å². The van der Waals surface area contributed by atoms with E-state index in [4.69, 9.17) is 10.8 Å². The van der Waals surface area contributed by atoms with Crippen molar-refractivity contribution < 1.29 is 14.7 Å². The number of piperidine rings is 1. The molecule has 1 aliphatic heterocycles. The minimum absolute atomic E-state index is 0.178. The maximum Gasteiger partial charge on any atom is 0.352 e. The highest BCUT2D eigenvalue weighted by Crippen LogP contribution is 2.25. The molecule has 1 aliphatic rings. The van der Waals surface area contributed by atoms with Crippen molar-refractivity contribution in [2.75, 3.05) is 13.1 Å². The SMILES string of the molecule is CC(C(N)=O)N1CCC(n2cccc2C(=O)O)CC1. The van der Waals surface area contributed by atoms with Gasteiger partial charge in [-0.2, -0.15) is 0 Å². The first-order valence-electron chi connectivity index (χ1n) is 6.44. The van der Waals surface area contributed by atoms with Gasteiger partial charge in [-0.25, -0.2) is 4.79 Å². The van der Waals surface area contributed by atoms with Crippen LogP contribution >= 0.6 is 0 Å². The Morgan fingerprint density at radius 3 is 2.58 bits per heavy atom. The number of hydrogen-bond acceptors (Lipinski definition) is 3. The molecule has 19 heavy (non-hydrogen) atoms. The lowest BCUT2D eigenvalue weighted by atomic mass is 10.0. The second-order valence-electron chi connectivity index (χ2n) is 4.95. The zero-order valence-electron chi connectivity index (χ0n) is 11.0. The van der Waals surface area contributed by atoms with Crippen LogP contribution in [0.3, 0.4) is 0 Å². The number of aromatic nitrogens is 1. The number of amides is 1. The molecule has 0 saturated carbocycles. The lowest BCUT2D eigenvalue weighted by Gasteiger charge is -2.35. The Morgan fingerprint density at radius 2 is 2.05 bits per heavy atom. The maximum absolute atomic E-state index is 11.1. The molecule has 0 aromatic carbocycles. The van der Waals surface area contributed by atoms with Crippen LogP contribution in [0.1, 0.15) is 36.3 Å². The number of carbonyl (C=O) groups excluding carboxylic acids is 1. The molecule has 1 amide bonds. The van der Waals surface area contributed by atoms with Crippen LogP contribution in [0.25, 0.3) is 0 Å². The number of carbonyl (C=O) groups is 2. The fraction of sp³-hybridized carbons (Fsp3) is 0.538. The first-order chi connectivity index (χ1) is 9.00. The van der Waals surface area contributed by atoms with Gasteiger partial charge in [-0.1, -0.05) is 0 Å². The molecule has 1 atom stereocenters. The quantitative estimate of drug-likeness (QED) is 0.838. The lowest BCUT2D eigenvalue weighted by Crippen LogP contribution is -2.46. The van der Waals surface area contributed by atoms with Crippen molar-refractivity contribution in [3.05, 3.63) is 24.0 Å². The number of carboxylic acid groups (broad SMARTS) is 1. The monoisotopic (exact) mass is 265 g/mol. The summed E-state index contributed by atoms with van der Waals surface area (Å²) in [5, 5.41) is 9.11. The van der Waals surface area contributed by atoms with Crippen LogP contribution in [0.4, 0.5) is 0 Å². The summed E-state index contributed by atoms with van der Waals surface area (Å²) in [6.07, 6.45) is 3.46. The highest BCUT2D eigenvalue weighted by Gasteiger charge is 2.27. The van der Waals surface area contributed by atoms with Crippen LogP contribution < -0.4 is 5.73 Å². The predicted molar refractivity (Wildman–Crippen MR) is 69.9 cm³/mol. The lowest BCUT2D eigenvalue weighted by molar-refractivity contribution is -0.123. The average Bonchev–Trinajstić information content (AvgIpc) is 2.87. The normalized spacial score (nSPS) is 19.2. The second-order valence-corrected chi connectivity index (χ2v) is 4.95. The van der Waals surface area contributed by atoms with E-state index in [-0.39, 0.29) is 18.0 Å². The molecule has 0 radical (unpaired) electrons. The third-order valence-corrected chi connectivity index (χ3v) is 3.85. The molecular formula is C13H19N3O3. The zero-order valence-corrected chi connectivity index (χ0v) is 11.0. The Balaban J connectivity index is 2.02. The highest BCUT2D eigenvalue weighted by atomic mass is 16.4. The van der Waals surface area contributed by atoms with Gasteiger partial charge in [0.15, 0.2) is 0 Å². The highest BCUT2D eigenvalue weighted by molar-refractivity contribution is 5.85. The van der Waals surface area contributed by atoms with Crippen molar-refractivity contribution in [3.63, 3.8) is 0 Å². The predicted octanol–water partition coefficient (Wildman–Crippen LogP) is 0.697. The summed E-state index contributed by atoms with van der Waals surface area (Å²) in [6, 6.07) is 3.28. The van der Waals surface area contributed by atoms with E-state index in [0.717, 1.165) is 25.9 Å². The molecule has 2 heterocycles. The molecule has 2 rings (SSSR count). The Morgan fingerprint density at radius 1 is 1.42 bits per heavy atom. The van der Waals surface area contributed by atoms with Gasteiger partial charge in [0.25, 0.3) is 0 Å². The summed E-state index contributed by atoms with van der Waals surface area (Å²) >= 11 is 0. The van der Waals surface area contributed by atoms with Gasteiger partial charge < -0.3 is 15.4 Å². The number of rotatable bonds is 4.